The van der Waals surface area contributed by atoms with Crippen LogP contribution in [-0.4, -0.2) is 32.3 Å². The van der Waals surface area contributed by atoms with Gasteiger partial charge in [-0.3, -0.25) is 4.79 Å². The lowest BCUT2D eigenvalue weighted by Crippen LogP contribution is -2.44. The molecule has 0 spiro atoms. The zero-order valence-corrected chi connectivity index (χ0v) is 21.7. The van der Waals surface area contributed by atoms with Gasteiger partial charge in [-0.25, -0.2) is 4.79 Å². The summed E-state index contributed by atoms with van der Waals surface area (Å²) in [6.07, 6.45) is 6.79. The summed E-state index contributed by atoms with van der Waals surface area (Å²) in [4.78, 5) is 25.7. The molecule has 0 radical (unpaired) electrons. The van der Waals surface area contributed by atoms with Crippen LogP contribution in [0.2, 0.25) is 0 Å². The number of aryl methyl sites for hydroxylation is 1. The van der Waals surface area contributed by atoms with Gasteiger partial charge in [-0.2, -0.15) is 0 Å². The van der Waals surface area contributed by atoms with E-state index in [2.05, 4.69) is 35.8 Å². The van der Waals surface area contributed by atoms with Crippen LogP contribution in [0.15, 0.2) is 36.4 Å². The lowest BCUT2D eigenvalue weighted by atomic mass is 9.54. The van der Waals surface area contributed by atoms with Crippen LogP contribution in [0.1, 0.15) is 62.5 Å². The molecule has 6 rings (SSSR count). The van der Waals surface area contributed by atoms with Gasteiger partial charge < -0.3 is 24.8 Å². The second kappa shape index (κ2) is 9.58. The van der Waals surface area contributed by atoms with Crippen LogP contribution >= 0.6 is 0 Å². The van der Waals surface area contributed by atoms with Crippen molar-refractivity contribution >= 4 is 17.5 Å². The molecule has 3 unspecified atom stereocenters. The van der Waals surface area contributed by atoms with Crippen LogP contribution in [0.5, 0.6) is 17.2 Å². The lowest BCUT2D eigenvalue weighted by molar-refractivity contribution is -0.129. The Kier molecular flexibility index (Phi) is 6.25. The van der Waals surface area contributed by atoms with E-state index < -0.39 is 0 Å². The van der Waals surface area contributed by atoms with Crippen molar-refractivity contribution in [1.29, 1.82) is 0 Å². The van der Waals surface area contributed by atoms with E-state index in [-0.39, 0.29) is 18.2 Å². The van der Waals surface area contributed by atoms with Crippen molar-refractivity contribution in [3.05, 3.63) is 47.5 Å². The highest BCUT2D eigenvalue weighted by Crippen LogP contribution is 2.62. The number of carbonyl (C=O) groups excluding carboxylic acids is 2. The number of anilines is 1. The Morgan fingerprint density at radius 1 is 1.14 bits per heavy atom. The summed E-state index contributed by atoms with van der Waals surface area (Å²) in [5.41, 5.74) is 3.36. The molecule has 0 bridgehead atoms. The third-order valence-electron chi connectivity index (χ3n) is 9.45. The molecule has 2 N–H and O–H groups in total. The second-order valence-corrected chi connectivity index (χ2v) is 11.3. The highest BCUT2D eigenvalue weighted by atomic mass is 16.7. The minimum atomic E-state index is -0.233. The topological polar surface area (TPSA) is 85.9 Å². The molecule has 37 heavy (non-hydrogen) atoms. The van der Waals surface area contributed by atoms with Crippen LogP contribution in [0.3, 0.4) is 0 Å². The standard InChI is InChI=1S/C30H36N2O5/c1-30-12-11-23-22-9-7-21(35-2)14-18(22)5-8-24(23)28(30)19(15-27(30)33)4-3-13-31-29(34)32-20-6-10-25-26(16-20)37-17-36-25/h6-7,9-10,14,16,19,23-24,28H,3-5,8,11-13,15,17H2,1-2H3,(H2,31,32,34)/t19-,23?,24?,28?,30-/m1/s1. The number of methoxy groups -OCH3 is 1. The van der Waals surface area contributed by atoms with Crippen molar-refractivity contribution in [2.45, 2.75) is 57.8 Å². The molecule has 4 aliphatic rings. The summed E-state index contributed by atoms with van der Waals surface area (Å²) in [5, 5.41) is 5.84. The number of ether oxygens (including phenoxy) is 3. The van der Waals surface area contributed by atoms with Gasteiger partial charge in [0.15, 0.2) is 11.5 Å². The normalized spacial score (nSPS) is 29.2. The number of hydrogen-bond acceptors (Lipinski definition) is 5. The highest BCUT2D eigenvalue weighted by Gasteiger charge is 2.58. The van der Waals surface area contributed by atoms with E-state index in [1.54, 1.807) is 25.3 Å². The minimum Gasteiger partial charge on any atom is -0.497 e. The number of rotatable bonds is 6. The van der Waals surface area contributed by atoms with Crippen LogP contribution in [-0.2, 0) is 11.2 Å². The molecule has 5 atom stereocenters. The molecule has 1 heterocycles. The maximum absolute atomic E-state index is 13.3. The summed E-state index contributed by atoms with van der Waals surface area (Å²) < 4.78 is 16.2. The fourth-order valence-corrected chi connectivity index (χ4v) is 7.73. The number of ketones is 1. The summed E-state index contributed by atoms with van der Waals surface area (Å²) in [5.74, 6) is 4.62. The zero-order valence-electron chi connectivity index (χ0n) is 21.7. The first kappa shape index (κ1) is 24.1. The van der Waals surface area contributed by atoms with Crippen molar-refractivity contribution in [1.82, 2.24) is 5.32 Å². The third kappa shape index (κ3) is 4.32. The number of nitrogens with one attached hydrogen (secondary N) is 2. The molecule has 1 aliphatic heterocycles. The Hall–Kier alpha value is -3.22. The molecule has 7 heteroatoms. The van der Waals surface area contributed by atoms with Gasteiger partial charge in [-0.15, -0.1) is 0 Å². The SMILES string of the molecule is COc1ccc2c(c1)CCC1C2CC[C@]2(C)C(=O)C[C@@H](CCCNC(=O)Nc3ccc4c(c3)OCO4)C12. The fourth-order valence-electron chi connectivity index (χ4n) is 7.73. The molecule has 196 valence electrons. The first-order valence-electron chi connectivity index (χ1n) is 13.6. The quantitative estimate of drug-likeness (QED) is 0.495. The molecule has 2 aromatic rings. The van der Waals surface area contributed by atoms with Gasteiger partial charge in [0.25, 0.3) is 0 Å². The number of benzene rings is 2. The summed E-state index contributed by atoms with van der Waals surface area (Å²) in [6.45, 7) is 3.02. The van der Waals surface area contributed by atoms with E-state index in [9.17, 15) is 9.59 Å². The van der Waals surface area contributed by atoms with Gasteiger partial charge in [-0.1, -0.05) is 13.0 Å². The van der Waals surface area contributed by atoms with Crippen molar-refractivity contribution in [3.8, 4) is 17.2 Å². The molecule has 2 fully saturated rings. The largest absolute Gasteiger partial charge is 0.497 e. The Morgan fingerprint density at radius 2 is 2.00 bits per heavy atom. The van der Waals surface area contributed by atoms with Gasteiger partial charge in [0, 0.05) is 30.1 Å². The number of amides is 2. The number of Topliss-reactive ketones (excluding diaryl/α,β-unsaturated/α-hetero) is 1. The molecule has 2 aromatic carbocycles. The Labute approximate surface area is 218 Å². The number of carbonyl (C=O) groups is 2. The number of hydrogen-bond donors (Lipinski definition) is 2. The van der Waals surface area contributed by atoms with Crippen LogP contribution < -0.4 is 24.8 Å². The third-order valence-corrected chi connectivity index (χ3v) is 9.45. The predicted octanol–water partition coefficient (Wildman–Crippen LogP) is 5.68. The van der Waals surface area contributed by atoms with E-state index in [0.29, 0.717) is 59.6 Å². The lowest BCUT2D eigenvalue weighted by Gasteiger charge is -2.50. The maximum atomic E-state index is 13.3. The van der Waals surface area contributed by atoms with E-state index in [0.717, 1.165) is 44.3 Å². The molecular weight excluding hydrogens is 468 g/mol. The molecule has 2 amide bonds. The minimum absolute atomic E-state index is 0.194. The summed E-state index contributed by atoms with van der Waals surface area (Å²) in [6, 6.07) is 11.7. The maximum Gasteiger partial charge on any atom is 0.319 e. The van der Waals surface area contributed by atoms with Crippen molar-refractivity contribution in [2.24, 2.45) is 23.2 Å². The molecule has 7 nitrogen and oxygen atoms in total. The summed E-state index contributed by atoms with van der Waals surface area (Å²) >= 11 is 0. The Balaban J connectivity index is 1.07. The highest BCUT2D eigenvalue weighted by molar-refractivity contribution is 5.89. The molecular formula is C30H36N2O5. The van der Waals surface area contributed by atoms with Gasteiger partial charge in [0.2, 0.25) is 6.79 Å². The second-order valence-electron chi connectivity index (χ2n) is 11.3. The number of fused-ring (bicyclic) bond motifs is 6. The van der Waals surface area contributed by atoms with Crippen LogP contribution in [0.25, 0.3) is 0 Å². The first-order valence-corrected chi connectivity index (χ1v) is 13.6. The van der Waals surface area contributed by atoms with E-state index in [1.165, 1.54) is 11.1 Å². The van der Waals surface area contributed by atoms with Crippen molar-refractivity contribution in [3.63, 3.8) is 0 Å². The van der Waals surface area contributed by atoms with Gasteiger partial charge >= 0.3 is 6.03 Å². The van der Waals surface area contributed by atoms with Crippen molar-refractivity contribution in [2.75, 3.05) is 25.8 Å². The molecule has 2 saturated carbocycles. The fraction of sp³-hybridized carbons (Fsp3) is 0.533. The van der Waals surface area contributed by atoms with Gasteiger partial charge in [0.05, 0.1) is 7.11 Å². The average Bonchev–Trinajstić information content (AvgIpc) is 3.47. The van der Waals surface area contributed by atoms with E-state index in [1.807, 2.05) is 0 Å². The summed E-state index contributed by atoms with van der Waals surface area (Å²) in [7, 11) is 1.73. The average molecular weight is 505 g/mol. The smallest absolute Gasteiger partial charge is 0.319 e. The van der Waals surface area contributed by atoms with Gasteiger partial charge in [-0.05, 0) is 97.6 Å². The zero-order chi connectivity index (χ0) is 25.6. The van der Waals surface area contributed by atoms with Gasteiger partial charge in [0.1, 0.15) is 11.5 Å². The van der Waals surface area contributed by atoms with Crippen LogP contribution in [0, 0.1) is 23.2 Å². The Morgan fingerprint density at radius 3 is 2.86 bits per heavy atom. The van der Waals surface area contributed by atoms with E-state index in [4.69, 9.17) is 14.2 Å². The van der Waals surface area contributed by atoms with Crippen molar-refractivity contribution < 1.29 is 23.8 Å². The molecule has 0 saturated heterocycles. The molecule has 0 aromatic heterocycles. The van der Waals surface area contributed by atoms with Crippen LogP contribution in [0.4, 0.5) is 10.5 Å². The first-order chi connectivity index (χ1) is 18.0. The Bertz CT molecular complexity index is 1210. The number of urea groups is 1. The monoisotopic (exact) mass is 504 g/mol. The van der Waals surface area contributed by atoms with E-state index >= 15 is 0 Å². The predicted molar refractivity (Wildman–Crippen MR) is 140 cm³/mol. The molecule has 3 aliphatic carbocycles.